The van der Waals surface area contributed by atoms with Gasteiger partial charge in [0.15, 0.2) is 0 Å². The van der Waals surface area contributed by atoms with E-state index in [1.807, 2.05) is 13.1 Å². The molecule has 114 valence electrons. The average Bonchev–Trinajstić information content (AvgIpc) is 2.84. The SMILES string of the molecule is Cc1ccc(C#N)cc1S(=O)(=O)N(C)CC1CCCN1C. The highest BCUT2D eigenvalue weighted by molar-refractivity contribution is 7.89. The molecule has 0 N–H and O–H groups in total. The molecule has 0 bridgehead atoms. The predicted octanol–water partition coefficient (Wildman–Crippen LogP) is 1.58. The fraction of sp³-hybridized carbons (Fsp3) is 0.533. The summed E-state index contributed by atoms with van der Waals surface area (Å²) in [5.74, 6) is 0. The monoisotopic (exact) mass is 307 g/mol. The van der Waals surface area contributed by atoms with Crippen LogP contribution in [0.3, 0.4) is 0 Å². The van der Waals surface area contributed by atoms with Gasteiger partial charge in [-0.1, -0.05) is 6.07 Å². The van der Waals surface area contributed by atoms with Gasteiger partial charge in [-0.15, -0.1) is 0 Å². The summed E-state index contributed by atoms with van der Waals surface area (Å²) in [6.45, 7) is 3.25. The van der Waals surface area contributed by atoms with Crippen molar-refractivity contribution in [3.8, 4) is 6.07 Å². The Morgan fingerprint density at radius 2 is 2.19 bits per heavy atom. The van der Waals surface area contributed by atoms with Crippen molar-refractivity contribution in [3.05, 3.63) is 29.3 Å². The molecular weight excluding hydrogens is 286 g/mol. The van der Waals surface area contributed by atoms with Crippen molar-refractivity contribution in [2.24, 2.45) is 0 Å². The number of likely N-dealkylation sites (tertiary alicyclic amines) is 1. The number of hydrogen-bond donors (Lipinski definition) is 0. The Hall–Kier alpha value is -1.42. The molecule has 21 heavy (non-hydrogen) atoms. The first-order chi connectivity index (χ1) is 9.86. The molecule has 0 amide bonds. The van der Waals surface area contributed by atoms with Gasteiger partial charge in [-0.05, 0) is 51.1 Å². The molecule has 1 fully saturated rings. The molecule has 1 saturated heterocycles. The molecule has 0 radical (unpaired) electrons. The Morgan fingerprint density at radius 3 is 2.76 bits per heavy atom. The fourth-order valence-corrected chi connectivity index (χ4v) is 4.18. The Morgan fingerprint density at radius 1 is 1.48 bits per heavy atom. The molecule has 1 aromatic carbocycles. The van der Waals surface area contributed by atoms with Gasteiger partial charge in [-0.25, -0.2) is 8.42 Å². The third kappa shape index (κ3) is 3.26. The highest BCUT2D eigenvalue weighted by Gasteiger charge is 2.29. The molecule has 2 rings (SSSR count). The fourth-order valence-electron chi connectivity index (χ4n) is 2.72. The van der Waals surface area contributed by atoms with Crippen molar-refractivity contribution < 1.29 is 8.42 Å². The lowest BCUT2D eigenvalue weighted by Crippen LogP contribution is -2.39. The number of aryl methyl sites for hydroxylation is 1. The Balaban J connectivity index is 2.27. The van der Waals surface area contributed by atoms with Crippen LogP contribution in [-0.4, -0.2) is 50.8 Å². The third-order valence-electron chi connectivity index (χ3n) is 4.14. The number of sulfonamides is 1. The largest absolute Gasteiger partial charge is 0.302 e. The molecule has 1 aliphatic rings. The molecular formula is C15H21N3O2S. The van der Waals surface area contributed by atoms with Gasteiger partial charge in [0.2, 0.25) is 10.0 Å². The highest BCUT2D eigenvalue weighted by Crippen LogP contribution is 2.23. The lowest BCUT2D eigenvalue weighted by atomic mass is 10.2. The summed E-state index contributed by atoms with van der Waals surface area (Å²) < 4.78 is 26.8. The summed E-state index contributed by atoms with van der Waals surface area (Å²) in [7, 11) is 0.0810. The van der Waals surface area contributed by atoms with Gasteiger partial charge >= 0.3 is 0 Å². The molecule has 1 atom stereocenters. The van der Waals surface area contributed by atoms with E-state index >= 15 is 0 Å². The van der Waals surface area contributed by atoms with Gasteiger partial charge in [-0.2, -0.15) is 9.57 Å². The second kappa shape index (κ2) is 6.14. The van der Waals surface area contributed by atoms with E-state index < -0.39 is 10.0 Å². The standard InChI is InChI=1S/C15H21N3O2S/c1-12-6-7-13(10-16)9-15(12)21(19,20)18(3)11-14-5-4-8-17(14)2/h6-7,9,14H,4-5,8,11H2,1-3H3. The first-order valence-electron chi connectivity index (χ1n) is 7.03. The van der Waals surface area contributed by atoms with E-state index in [-0.39, 0.29) is 10.9 Å². The third-order valence-corrected chi connectivity index (χ3v) is 6.11. The normalized spacial score (nSPS) is 19.9. The molecule has 0 spiro atoms. The maximum atomic E-state index is 12.7. The van der Waals surface area contributed by atoms with Gasteiger partial charge in [-0.3, -0.25) is 0 Å². The van der Waals surface area contributed by atoms with Crippen LogP contribution in [0.5, 0.6) is 0 Å². The van der Waals surface area contributed by atoms with Crippen molar-refractivity contribution in [2.75, 3.05) is 27.2 Å². The number of hydrogen-bond acceptors (Lipinski definition) is 4. The molecule has 0 saturated carbocycles. The van der Waals surface area contributed by atoms with Crippen molar-refractivity contribution >= 4 is 10.0 Å². The van der Waals surface area contributed by atoms with E-state index in [1.54, 1.807) is 26.1 Å². The Labute approximate surface area is 126 Å². The van der Waals surface area contributed by atoms with E-state index in [0.717, 1.165) is 19.4 Å². The van der Waals surface area contributed by atoms with Gasteiger partial charge in [0.25, 0.3) is 0 Å². The minimum Gasteiger partial charge on any atom is -0.302 e. The maximum Gasteiger partial charge on any atom is 0.243 e. The number of rotatable bonds is 4. The Bertz CT molecular complexity index is 664. The number of nitrogens with zero attached hydrogens (tertiary/aromatic N) is 3. The molecule has 6 heteroatoms. The van der Waals surface area contributed by atoms with Crippen molar-refractivity contribution in [1.82, 2.24) is 9.21 Å². The van der Waals surface area contributed by atoms with Crippen LogP contribution in [0, 0.1) is 18.3 Å². The van der Waals surface area contributed by atoms with Crippen LogP contribution < -0.4 is 0 Å². The zero-order chi connectivity index (χ0) is 15.6. The minimum atomic E-state index is -3.56. The topological polar surface area (TPSA) is 64.4 Å². The predicted molar refractivity (Wildman–Crippen MR) is 81.4 cm³/mol. The van der Waals surface area contributed by atoms with Crippen LogP contribution >= 0.6 is 0 Å². The van der Waals surface area contributed by atoms with E-state index in [0.29, 0.717) is 17.7 Å². The first-order valence-corrected chi connectivity index (χ1v) is 8.47. The average molecular weight is 307 g/mol. The van der Waals surface area contributed by atoms with Crippen molar-refractivity contribution in [1.29, 1.82) is 5.26 Å². The van der Waals surface area contributed by atoms with Crippen LogP contribution in [0.4, 0.5) is 0 Å². The second-order valence-corrected chi connectivity index (χ2v) is 7.67. The van der Waals surface area contributed by atoms with E-state index in [2.05, 4.69) is 4.90 Å². The number of likely N-dealkylation sites (N-methyl/N-ethyl adjacent to an activating group) is 2. The zero-order valence-electron chi connectivity index (χ0n) is 12.7. The van der Waals surface area contributed by atoms with E-state index in [4.69, 9.17) is 5.26 Å². The van der Waals surface area contributed by atoms with Gasteiger partial charge < -0.3 is 4.90 Å². The summed E-state index contributed by atoms with van der Waals surface area (Å²) >= 11 is 0. The number of nitriles is 1. The van der Waals surface area contributed by atoms with Crippen molar-refractivity contribution in [2.45, 2.75) is 30.7 Å². The van der Waals surface area contributed by atoms with Gasteiger partial charge in [0, 0.05) is 19.6 Å². The van der Waals surface area contributed by atoms with Crippen LogP contribution in [0.25, 0.3) is 0 Å². The molecule has 1 unspecified atom stereocenters. The van der Waals surface area contributed by atoms with Crippen LogP contribution in [0.15, 0.2) is 23.1 Å². The summed E-state index contributed by atoms with van der Waals surface area (Å²) in [6, 6.07) is 7.04. The molecule has 0 aromatic heterocycles. The molecule has 1 aliphatic heterocycles. The molecule has 5 nitrogen and oxygen atoms in total. The smallest absolute Gasteiger partial charge is 0.243 e. The van der Waals surface area contributed by atoms with E-state index in [1.165, 1.54) is 10.4 Å². The molecule has 1 aromatic rings. The Kier molecular flexibility index (Phi) is 4.67. The van der Waals surface area contributed by atoms with Gasteiger partial charge in [0.1, 0.15) is 0 Å². The number of benzene rings is 1. The quantitative estimate of drug-likeness (QED) is 0.847. The maximum absolute atomic E-state index is 12.7. The van der Waals surface area contributed by atoms with E-state index in [9.17, 15) is 8.42 Å². The van der Waals surface area contributed by atoms with Crippen LogP contribution in [0.1, 0.15) is 24.0 Å². The van der Waals surface area contributed by atoms with Crippen LogP contribution in [0.2, 0.25) is 0 Å². The molecule has 1 heterocycles. The van der Waals surface area contributed by atoms with Crippen LogP contribution in [-0.2, 0) is 10.0 Å². The minimum absolute atomic E-state index is 0.227. The first kappa shape index (κ1) is 16.0. The second-order valence-electron chi connectivity index (χ2n) is 5.65. The lowest BCUT2D eigenvalue weighted by molar-refractivity contribution is 0.271. The summed E-state index contributed by atoms with van der Waals surface area (Å²) in [5.41, 5.74) is 1.03. The lowest BCUT2D eigenvalue weighted by Gasteiger charge is -2.26. The van der Waals surface area contributed by atoms with Gasteiger partial charge in [0.05, 0.1) is 16.5 Å². The summed E-state index contributed by atoms with van der Waals surface area (Å²) in [4.78, 5) is 2.43. The summed E-state index contributed by atoms with van der Waals surface area (Å²) in [6.07, 6.45) is 2.13. The zero-order valence-corrected chi connectivity index (χ0v) is 13.5. The van der Waals surface area contributed by atoms with Crippen molar-refractivity contribution in [3.63, 3.8) is 0 Å². The highest BCUT2D eigenvalue weighted by atomic mass is 32.2. The summed E-state index contributed by atoms with van der Waals surface area (Å²) in [5, 5.41) is 8.96. The molecule has 0 aliphatic carbocycles.